The monoisotopic (exact) mass is 138 g/mol. The van der Waals surface area contributed by atoms with Gasteiger partial charge < -0.3 is 15.2 Å². The minimum Gasteiger partial charge on any atom is -0.530 e. The van der Waals surface area contributed by atoms with E-state index in [2.05, 4.69) is 9.97 Å². The van der Waals surface area contributed by atoms with E-state index < -0.39 is 6.09 Å². The van der Waals surface area contributed by atoms with Crippen molar-refractivity contribution in [3.05, 3.63) is 18.6 Å². The van der Waals surface area contributed by atoms with E-state index in [4.69, 9.17) is 0 Å². The fraction of sp³-hybridized carbons (Fsp3) is 0. The molecule has 5 nitrogen and oxygen atoms in total. The number of nitrogens with one attached hydrogen (secondary N) is 1. The molecule has 0 aliphatic heterocycles. The number of nitrogens with zero attached hydrogens (tertiary/aromatic N) is 2. The van der Waals surface area contributed by atoms with E-state index in [0.717, 1.165) is 0 Å². The zero-order valence-electron chi connectivity index (χ0n) is 4.94. The topological polar surface area (TPSA) is 77.9 Å². The lowest BCUT2D eigenvalue weighted by molar-refractivity contribution is -0.242. The summed E-state index contributed by atoms with van der Waals surface area (Å²) >= 11 is 0. The fourth-order valence-electron chi connectivity index (χ4n) is 0.468. The molecule has 1 N–H and O–H groups in total. The number of aromatic nitrogens is 2. The van der Waals surface area contributed by atoms with Gasteiger partial charge in [0.05, 0.1) is 6.20 Å². The van der Waals surface area contributed by atoms with Crippen LogP contribution in [-0.4, -0.2) is 16.1 Å². The van der Waals surface area contributed by atoms with Crippen LogP contribution in [0.15, 0.2) is 18.6 Å². The first-order chi connectivity index (χ1) is 4.79. The van der Waals surface area contributed by atoms with E-state index in [9.17, 15) is 9.90 Å². The fourth-order valence-corrected chi connectivity index (χ4v) is 0.468. The zero-order chi connectivity index (χ0) is 7.40. The van der Waals surface area contributed by atoms with Crippen LogP contribution in [0.1, 0.15) is 0 Å². The Morgan fingerprint density at radius 3 is 2.90 bits per heavy atom. The molecule has 1 rings (SSSR count). The molecule has 0 aromatic carbocycles. The highest BCUT2D eigenvalue weighted by atomic mass is 16.4. The minimum absolute atomic E-state index is 0.169. The van der Waals surface area contributed by atoms with Crippen molar-refractivity contribution in [2.75, 3.05) is 5.32 Å². The second-order valence-corrected chi connectivity index (χ2v) is 1.50. The van der Waals surface area contributed by atoms with Crippen molar-refractivity contribution >= 4 is 11.9 Å². The summed E-state index contributed by atoms with van der Waals surface area (Å²) in [5.41, 5.74) is 0. The predicted molar refractivity (Wildman–Crippen MR) is 31.1 cm³/mol. The number of carbonyl (C=O) groups excluding carboxylic acids is 1. The Bertz CT molecular complexity index is 224. The number of carbonyl (C=O) groups is 1. The van der Waals surface area contributed by atoms with Crippen molar-refractivity contribution in [3.8, 4) is 0 Å². The molecular weight excluding hydrogens is 134 g/mol. The lowest BCUT2D eigenvalue weighted by Gasteiger charge is -2.02. The molecular formula is C5H4N3O2-. The summed E-state index contributed by atoms with van der Waals surface area (Å²) in [7, 11) is 0. The van der Waals surface area contributed by atoms with Gasteiger partial charge in [0.2, 0.25) is 0 Å². The van der Waals surface area contributed by atoms with Crippen LogP contribution in [0.25, 0.3) is 0 Å². The molecule has 0 radical (unpaired) electrons. The lowest BCUT2D eigenvalue weighted by Crippen LogP contribution is -2.29. The van der Waals surface area contributed by atoms with E-state index in [1.807, 2.05) is 5.32 Å². The zero-order valence-corrected chi connectivity index (χ0v) is 4.94. The van der Waals surface area contributed by atoms with Gasteiger partial charge in [-0.05, 0) is 0 Å². The van der Waals surface area contributed by atoms with E-state index in [-0.39, 0.29) is 5.82 Å². The summed E-state index contributed by atoms with van der Waals surface area (Å²) < 4.78 is 0. The van der Waals surface area contributed by atoms with Gasteiger partial charge >= 0.3 is 0 Å². The third-order valence-electron chi connectivity index (χ3n) is 0.793. The molecule has 1 amide bonds. The summed E-state index contributed by atoms with van der Waals surface area (Å²) in [5, 5.41) is 11.8. The van der Waals surface area contributed by atoms with Crippen LogP contribution in [0.2, 0.25) is 0 Å². The minimum atomic E-state index is -1.39. The summed E-state index contributed by atoms with van der Waals surface area (Å²) in [6.07, 6.45) is 2.72. The molecule has 0 bridgehead atoms. The summed E-state index contributed by atoms with van der Waals surface area (Å²) in [5.74, 6) is 0.169. The summed E-state index contributed by atoms with van der Waals surface area (Å²) in [6.45, 7) is 0. The molecule has 10 heavy (non-hydrogen) atoms. The number of rotatable bonds is 1. The molecule has 0 saturated carbocycles. The molecule has 0 unspecified atom stereocenters. The van der Waals surface area contributed by atoms with Gasteiger partial charge in [0.25, 0.3) is 0 Å². The van der Waals surface area contributed by atoms with Gasteiger partial charge in [0, 0.05) is 12.4 Å². The van der Waals surface area contributed by atoms with Crippen LogP contribution in [0.5, 0.6) is 0 Å². The molecule has 0 fully saturated rings. The van der Waals surface area contributed by atoms with Crippen LogP contribution in [0.4, 0.5) is 10.6 Å². The Hall–Kier alpha value is -1.65. The number of hydrogen-bond acceptors (Lipinski definition) is 4. The van der Waals surface area contributed by atoms with Gasteiger partial charge in [0.15, 0.2) is 0 Å². The molecule has 1 aromatic rings. The molecule has 0 atom stereocenters. The number of amides is 1. The van der Waals surface area contributed by atoms with Gasteiger partial charge in [-0.25, -0.2) is 4.98 Å². The quantitative estimate of drug-likeness (QED) is 0.552. The van der Waals surface area contributed by atoms with Gasteiger partial charge in [-0.3, -0.25) is 4.98 Å². The van der Waals surface area contributed by atoms with Gasteiger partial charge in [-0.15, -0.1) is 0 Å². The molecule has 5 heteroatoms. The largest absolute Gasteiger partial charge is 0.530 e. The highest BCUT2D eigenvalue weighted by molar-refractivity contribution is 5.79. The number of hydrogen-bond donors (Lipinski definition) is 1. The molecule has 1 aromatic heterocycles. The highest BCUT2D eigenvalue weighted by Gasteiger charge is 1.88. The predicted octanol–water partition coefficient (Wildman–Crippen LogP) is -0.768. The van der Waals surface area contributed by atoms with Gasteiger partial charge in [0.1, 0.15) is 11.9 Å². The first kappa shape index (κ1) is 6.47. The van der Waals surface area contributed by atoms with Crippen molar-refractivity contribution in [1.82, 2.24) is 9.97 Å². The van der Waals surface area contributed by atoms with Crippen LogP contribution < -0.4 is 10.4 Å². The lowest BCUT2D eigenvalue weighted by atomic mass is 10.7. The van der Waals surface area contributed by atoms with E-state index in [1.165, 1.54) is 18.6 Å². The highest BCUT2D eigenvalue weighted by Crippen LogP contribution is 1.94. The van der Waals surface area contributed by atoms with Crippen molar-refractivity contribution in [2.24, 2.45) is 0 Å². The van der Waals surface area contributed by atoms with E-state index in [0.29, 0.717) is 0 Å². The molecule has 52 valence electrons. The Labute approximate surface area is 56.7 Å². The van der Waals surface area contributed by atoms with Crippen LogP contribution in [-0.2, 0) is 0 Å². The van der Waals surface area contributed by atoms with Crippen LogP contribution >= 0.6 is 0 Å². The van der Waals surface area contributed by atoms with Gasteiger partial charge in [-0.1, -0.05) is 0 Å². The summed E-state index contributed by atoms with van der Waals surface area (Å²) in [4.78, 5) is 17.1. The van der Waals surface area contributed by atoms with Crippen molar-refractivity contribution in [2.45, 2.75) is 0 Å². The standard InChI is InChI=1S/C5H5N3O2/c9-5(10)8-4-3-6-1-2-7-4/h1-3H,(H,7,8)(H,9,10)/p-1. The molecule has 0 saturated heterocycles. The average Bonchev–Trinajstić information content (AvgIpc) is 1.88. The normalized spacial score (nSPS) is 8.80. The molecule has 0 spiro atoms. The second kappa shape index (κ2) is 2.77. The first-order valence-electron chi connectivity index (χ1n) is 2.53. The van der Waals surface area contributed by atoms with Crippen LogP contribution in [0, 0.1) is 0 Å². The Balaban J connectivity index is 2.67. The maximum Gasteiger partial charge on any atom is 0.149 e. The first-order valence-corrected chi connectivity index (χ1v) is 2.53. The maximum atomic E-state index is 9.88. The van der Waals surface area contributed by atoms with E-state index in [1.54, 1.807) is 0 Å². The molecule has 0 aliphatic carbocycles. The van der Waals surface area contributed by atoms with Crippen molar-refractivity contribution < 1.29 is 9.90 Å². The maximum absolute atomic E-state index is 9.88. The Morgan fingerprint density at radius 2 is 2.40 bits per heavy atom. The van der Waals surface area contributed by atoms with Crippen molar-refractivity contribution in [3.63, 3.8) is 0 Å². The SMILES string of the molecule is O=C([O-])Nc1cnccn1. The second-order valence-electron chi connectivity index (χ2n) is 1.50. The third kappa shape index (κ3) is 1.70. The van der Waals surface area contributed by atoms with Crippen molar-refractivity contribution in [1.29, 1.82) is 0 Å². The third-order valence-corrected chi connectivity index (χ3v) is 0.793. The molecule has 0 aliphatic rings. The van der Waals surface area contributed by atoms with Gasteiger partial charge in [-0.2, -0.15) is 0 Å². The van der Waals surface area contributed by atoms with E-state index >= 15 is 0 Å². The molecule has 1 heterocycles. The number of carboxylic acid groups (broad SMARTS) is 1. The summed E-state index contributed by atoms with van der Waals surface area (Å²) in [6, 6.07) is 0. The van der Waals surface area contributed by atoms with Crippen LogP contribution in [0.3, 0.4) is 0 Å². The number of anilines is 1. The average molecular weight is 138 g/mol. The smallest absolute Gasteiger partial charge is 0.149 e. The Kier molecular flexibility index (Phi) is 1.79. The Morgan fingerprint density at radius 1 is 1.60 bits per heavy atom.